The molecule has 4 aliphatic rings. The van der Waals surface area contributed by atoms with Crippen LogP contribution in [0, 0.1) is 11.8 Å². The predicted octanol–water partition coefficient (Wildman–Crippen LogP) is 2.05. The van der Waals surface area contributed by atoms with Crippen LogP contribution in [0.15, 0.2) is 12.2 Å². The van der Waals surface area contributed by atoms with Crippen molar-refractivity contribution in [1.82, 2.24) is 4.90 Å². The smallest absolute Gasteiger partial charge is 0.312 e. The van der Waals surface area contributed by atoms with Crippen LogP contribution in [0.5, 0.6) is 0 Å². The van der Waals surface area contributed by atoms with Gasteiger partial charge in [-0.15, -0.1) is 0 Å². The minimum Gasteiger partial charge on any atom is -0.465 e. The third-order valence-electron chi connectivity index (χ3n) is 5.87. The van der Waals surface area contributed by atoms with Gasteiger partial charge in [0.25, 0.3) is 0 Å². The Kier molecular flexibility index (Phi) is 3.71. The number of carbonyl (C=O) groups excluding carboxylic acids is 2. The van der Waals surface area contributed by atoms with Gasteiger partial charge in [0.05, 0.1) is 25.2 Å². The predicted molar refractivity (Wildman–Crippen MR) is 83.6 cm³/mol. The first-order chi connectivity index (χ1) is 11.2. The van der Waals surface area contributed by atoms with E-state index >= 15 is 0 Å². The first-order valence-corrected chi connectivity index (χ1v) is 9.00. The standard InChI is InChI=1S/C18H25NO4/c1-2-10-22-17(21)14-13-8-9-18(23-13)11-19(16(20)15(14)18)12-6-4-3-5-7-12/h8-9,12-15H,2-7,10-11H2,1H3/t13-,14-,15+,18-/m1/s1. The van der Waals surface area contributed by atoms with Gasteiger partial charge in [0.15, 0.2) is 0 Å². The lowest BCUT2D eigenvalue weighted by atomic mass is 9.77. The highest BCUT2D eigenvalue weighted by Gasteiger charge is 2.67. The second-order valence-electron chi connectivity index (χ2n) is 7.33. The highest BCUT2D eigenvalue weighted by molar-refractivity contribution is 5.91. The molecule has 0 N–H and O–H groups in total. The van der Waals surface area contributed by atoms with Crippen molar-refractivity contribution in [2.75, 3.05) is 13.2 Å². The summed E-state index contributed by atoms with van der Waals surface area (Å²) in [6, 6.07) is 0.319. The summed E-state index contributed by atoms with van der Waals surface area (Å²) in [5.74, 6) is -1.02. The van der Waals surface area contributed by atoms with Gasteiger partial charge in [-0.05, 0) is 19.3 Å². The number of hydrogen-bond donors (Lipinski definition) is 0. The number of esters is 1. The van der Waals surface area contributed by atoms with Gasteiger partial charge in [0.1, 0.15) is 11.5 Å². The molecule has 4 atom stereocenters. The lowest BCUT2D eigenvalue weighted by Crippen LogP contribution is -2.42. The molecule has 23 heavy (non-hydrogen) atoms. The fourth-order valence-electron chi connectivity index (χ4n) is 4.80. The van der Waals surface area contributed by atoms with Gasteiger partial charge in [-0.1, -0.05) is 38.3 Å². The van der Waals surface area contributed by atoms with E-state index in [-0.39, 0.29) is 23.9 Å². The van der Waals surface area contributed by atoms with Crippen LogP contribution in [-0.2, 0) is 19.1 Å². The maximum Gasteiger partial charge on any atom is 0.312 e. The van der Waals surface area contributed by atoms with Crippen molar-refractivity contribution < 1.29 is 19.1 Å². The zero-order valence-corrected chi connectivity index (χ0v) is 13.7. The summed E-state index contributed by atoms with van der Waals surface area (Å²) in [4.78, 5) is 27.5. The summed E-state index contributed by atoms with van der Waals surface area (Å²) in [5.41, 5.74) is -0.588. The van der Waals surface area contributed by atoms with E-state index in [2.05, 4.69) is 0 Å². The number of hydrogen-bond acceptors (Lipinski definition) is 4. The molecule has 1 amide bonds. The van der Waals surface area contributed by atoms with E-state index < -0.39 is 11.5 Å². The molecule has 1 spiro atoms. The Morgan fingerprint density at radius 2 is 2.17 bits per heavy atom. The van der Waals surface area contributed by atoms with Crippen molar-refractivity contribution in [2.45, 2.75) is 63.2 Å². The van der Waals surface area contributed by atoms with Crippen LogP contribution < -0.4 is 0 Å². The maximum atomic E-state index is 13.1. The largest absolute Gasteiger partial charge is 0.465 e. The Balaban J connectivity index is 1.56. The molecule has 0 unspecified atom stereocenters. The molecular weight excluding hydrogens is 294 g/mol. The zero-order chi connectivity index (χ0) is 16.0. The van der Waals surface area contributed by atoms with E-state index in [0.29, 0.717) is 19.2 Å². The second-order valence-corrected chi connectivity index (χ2v) is 7.33. The first-order valence-electron chi connectivity index (χ1n) is 9.00. The molecule has 1 saturated carbocycles. The second kappa shape index (κ2) is 5.62. The highest BCUT2D eigenvalue weighted by Crippen LogP contribution is 2.53. The van der Waals surface area contributed by atoms with Crippen molar-refractivity contribution in [3.63, 3.8) is 0 Å². The van der Waals surface area contributed by atoms with Gasteiger partial charge in [-0.25, -0.2) is 0 Å². The van der Waals surface area contributed by atoms with E-state index in [4.69, 9.17) is 9.47 Å². The summed E-state index contributed by atoms with van der Waals surface area (Å²) in [5, 5.41) is 0. The number of rotatable bonds is 4. The van der Waals surface area contributed by atoms with Crippen molar-refractivity contribution in [1.29, 1.82) is 0 Å². The molecule has 3 aliphatic heterocycles. The molecule has 3 heterocycles. The molecule has 0 aromatic carbocycles. The Hall–Kier alpha value is -1.36. The van der Waals surface area contributed by atoms with E-state index in [9.17, 15) is 9.59 Å². The highest BCUT2D eigenvalue weighted by atomic mass is 16.6. The Morgan fingerprint density at radius 1 is 1.39 bits per heavy atom. The summed E-state index contributed by atoms with van der Waals surface area (Å²) in [7, 11) is 0. The molecule has 0 aromatic rings. The third-order valence-corrected chi connectivity index (χ3v) is 5.87. The molecule has 2 saturated heterocycles. The van der Waals surface area contributed by atoms with Gasteiger partial charge in [0, 0.05) is 6.04 Å². The van der Waals surface area contributed by atoms with Gasteiger partial charge in [-0.3, -0.25) is 9.59 Å². The minimum atomic E-state index is -0.588. The number of amides is 1. The maximum absolute atomic E-state index is 13.1. The molecule has 1 aliphatic carbocycles. The molecule has 0 aromatic heterocycles. The summed E-state index contributed by atoms with van der Waals surface area (Å²) >= 11 is 0. The lowest BCUT2D eigenvalue weighted by Gasteiger charge is -2.32. The average molecular weight is 319 g/mol. The zero-order valence-electron chi connectivity index (χ0n) is 13.7. The van der Waals surface area contributed by atoms with Crippen molar-refractivity contribution in [3.8, 4) is 0 Å². The van der Waals surface area contributed by atoms with Gasteiger partial charge in [-0.2, -0.15) is 0 Å². The van der Waals surface area contributed by atoms with Crippen LogP contribution in [0.4, 0.5) is 0 Å². The number of ether oxygens (including phenoxy) is 2. The van der Waals surface area contributed by atoms with Crippen LogP contribution in [0.25, 0.3) is 0 Å². The number of carbonyl (C=O) groups is 2. The quantitative estimate of drug-likeness (QED) is 0.588. The lowest BCUT2D eigenvalue weighted by molar-refractivity contribution is -0.154. The van der Waals surface area contributed by atoms with Crippen LogP contribution in [-0.4, -0.2) is 47.7 Å². The average Bonchev–Trinajstić information content (AvgIpc) is 3.22. The molecule has 5 nitrogen and oxygen atoms in total. The van der Waals surface area contributed by atoms with Crippen LogP contribution in [0.3, 0.4) is 0 Å². The molecule has 5 heteroatoms. The third kappa shape index (κ3) is 2.24. The SMILES string of the molecule is CCCOC(=O)[C@H]1[C@H]2C(=O)N(C3CCCCC3)C[C@]23C=C[C@H]1O3. The topological polar surface area (TPSA) is 55.8 Å². The van der Waals surface area contributed by atoms with Crippen LogP contribution >= 0.6 is 0 Å². The normalized spacial score (nSPS) is 39.1. The van der Waals surface area contributed by atoms with E-state index in [1.54, 1.807) is 0 Å². The van der Waals surface area contributed by atoms with Crippen LogP contribution in [0.1, 0.15) is 45.4 Å². The van der Waals surface area contributed by atoms with Gasteiger partial charge in [0.2, 0.25) is 5.91 Å². The number of fused-ring (bicyclic) bond motifs is 1. The number of likely N-dealkylation sites (tertiary alicyclic amines) is 1. The van der Waals surface area contributed by atoms with Crippen molar-refractivity contribution in [2.24, 2.45) is 11.8 Å². The fraction of sp³-hybridized carbons (Fsp3) is 0.778. The van der Waals surface area contributed by atoms with Gasteiger partial charge >= 0.3 is 5.97 Å². The molecule has 0 radical (unpaired) electrons. The summed E-state index contributed by atoms with van der Waals surface area (Å²) in [6.45, 7) is 2.98. The van der Waals surface area contributed by atoms with Crippen molar-refractivity contribution >= 4 is 11.9 Å². The van der Waals surface area contributed by atoms with Gasteiger partial charge < -0.3 is 14.4 Å². The minimum absolute atomic E-state index is 0.0993. The number of nitrogens with zero attached hydrogens (tertiary/aromatic N) is 1. The Labute approximate surface area is 137 Å². The first kappa shape index (κ1) is 15.2. The fourth-order valence-corrected chi connectivity index (χ4v) is 4.80. The van der Waals surface area contributed by atoms with E-state index in [0.717, 1.165) is 19.3 Å². The van der Waals surface area contributed by atoms with Crippen LogP contribution in [0.2, 0.25) is 0 Å². The molecule has 2 bridgehead atoms. The summed E-state index contributed by atoms with van der Waals surface area (Å²) in [6.07, 6.45) is 10.3. The molecule has 3 fully saturated rings. The molecule has 4 rings (SSSR count). The van der Waals surface area contributed by atoms with E-state index in [1.807, 2.05) is 24.0 Å². The molecular formula is C18H25NO4. The Morgan fingerprint density at radius 3 is 2.91 bits per heavy atom. The van der Waals surface area contributed by atoms with Crippen molar-refractivity contribution in [3.05, 3.63) is 12.2 Å². The Bertz CT molecular complexity index is 539. The summed E-state index contributed by atoms with van der Waals surface area (Å²) < 4.78 is 11.5. The van der Waals surface area contributed by atoms with E-state index in [1.165, 1.54) is 19.3 Å². The monoisotopic (exact) mass is 319 g/mol. The molecule has 126 valence electrons.